The van der Waals surface area contributed by atoms with Gasteiger partial charge in [0.05, 0.1) is 7.11 Å². The van der Waals surface area contributed by atoms with E-state index < -0.39 is 8.32 Å². The van der Waals surface area contributed by atoms with E-state index in [-0.39, 0.29) is 5.75 Å². The quantitative estimate of drug-likeness (QED) is 0.647. The zero-order valence-corrected chi connectivity index (χ0v) is 16.6. The van der Waals surface area contributed by atoms with Gasteiger partial charge in [-0.25, -0.2) is 0 Å². The highest BCUT2D eigenvalue weighted by Crippen LogP contribution is 2.47. The van der Waals surface area contributed by atoms with Crippen LogP contribution in [0, 0.1) is 0 Å². The van der Waals surface area contributed by atoms with Gasteiger partial charge in [-0.05, 0) is 28.8 Å². The summed E-state index contributed by atoms with van der Waals surface area (Å²) in [6.45, 7) is 13.3. The van der Waals surface area contributed by atoms with Crippen LogP contribution < -0.4 is 9.16 Å². The topological polar surface area (TPSA) is 38.7 Å². The second-order valence-electron chi connectivity index (χ2n) is 6.37. The molecule has 0 spiro atoms. The van der Waals surface area contributed by atoms with Gasteiger partial charge >= 0.3 is 0 Å². The third-order valence-corrected chi connectivity index (χ3v) is 10.7. The Balaban J connectivity index is 3.37. The number of hydrogen-bond acceptors (Lipinski definition) is 3. The second kappa shape index (κ2) is 7.05. The van der Waals surface area contributed by atoms with E-state index in [1.54, 1.807) is 13.2 Å². The third-order valence-electron chi connectivity index (χ3n) is 4.22. The monoisotopic (exact) mass is 374 g/mol. The number of aromatic hydroxyl groups is 1. The Morgan fingerprint density at radius 1 is 0.952 bits per heavy atom. The van der Waals surface area contributed by atoms with Crippen molar-refractivity contribution in [2.24, 2.45) is 0 Å². The van der Waals surface area contributed by atoms with Gasteiger partial charge in [0.15, 0.2) is 17.2 Å². The molecule has 120 valence electrons. The maximum absolute atomic E-state index is 10.4. The van der Waals surface area contributed by atoms with E-state index in [0.717, 1.165) is 4.47 Å². The molecule has 21 heavy (non-hydrogen) atoms. The van der Waals surface area contributed by atoms with Gasteiger partial charge < -0.3 is 14.3 Å². The Morgan fingerprint density at radius 2 is 1.38 bits per heavy atom. The summed E-state index contributed by atoms with van der Waals surface area (Å²) in [7, 11) is -0.550. The maximum atomic E-state index is 10.4. The van der Waals surface area contributed by atoms with E-state index in [0.29, 0.717) is 28.1 Å². The lowest BCUT2D eigenvalue weighted by atomic mass is 10.3. The first-order valence-corrected chi connectivity index (χ1v) is 10.4. The highest BCUT2D eigenvalue weighted by molar-refractivity contribution is 9.10. The summed E-state index contributed by atoms with van der Waals surface area (Å²) in [5.74, 6) is 1.03. The molecule has 0 aromatic heterocycles. The average Bonchev–Trinajstić information content (AvgIpc) is 2.37. The third kappa shape index (κ3) is 3.56. The predicted octanol–water partition coefficient (Wildman–Crippen LogP) is 5.72. The van der Waals surface area contributed by atoms with Crippen LogP contribution in [-0.4, -0.2) is 20.5 Å². The van der Waals surface area contributed by atoms with E-state index in [9.17, 15) is 5.11 Å². The fraction of sp³-hybridized carbons (Fsp3) is 0.625. The van der Waals surface area contributed by atoms with Crippen LogP contribution in [0.5, 0.6) is 17.2 Å². The fourth-order valence-corrected chi connectivity index (χ4v) is 8.99. The zero-order valence-electron chi connectivity index (χ0n) is 14.0. The largest absolute Gasteiger partial charge is 0.540 e. The summed E-state index contributed by atoms with van der Waals surface area (Å²) < 4.78 is 12.6. The molecule has 1 N–H and O–H groups in total. The van der Waals surface area contributed by atoms with Crippen molar-refractivity contribution >= 4 is 24.2 Å². The summed E-state index contributed by atoms with van der Waals surface area (Å²) >= 11 is 3.45. The summed E-state index contributed by atoms with van der Waals surface area (Å²) in [5.41, 5.74) is 1.34. The van der Waals surface area contributed by atoms with Crippen molar-refractivity contribution in [3.05, 3.63) is 16.6 Å². The van der Waals surface area contributed by atoms with Crippen molar-refractivity contribution in [1.82, 2.24) is 0 Å². The van der Waals surface area contributed by atoms with Crippen molar-refractivity contribution < 1.29 is 14.3 Å². The van der Waals surface area contributed by atoms with Crippen LogP contribution in [0.2, 0.25) is 16.6 Å². The Morgan fingerprint density at radius 3 is 1.76 bits per heavy atom. The number of rotatable bonds is 6. The fourth-order valence-electron chi connectivity index (χ4n) is 3.33. The van der Waals surface area contributed by atoms with Gasteiger partial charge in [-0.15, -0.1) is 0 Å². The predicted molar refractivity (Wildman–Crippen MR) is 94.0 cm³/mol. The van der Waals surface area contributed by atoms with E-state index in [1.165, 1.54) is 0 Å². The molecule has 0 heterocycles. The summed E-state index contributed by atoms with van der Waals surface area (Å²) in [5, 5.41) is 10.4. The van der Waals surface area contributed by atoms with E-state index in [2.05, 4.69) is 57.5 Å². The lowest BCUT2D eigenvalue weighted by Gasteiger charge is -2.42. The molecule has 0 saturated heterocycles. The minimum Gasteiger partial charge on any atom is -0.540 e. The number of methoxy groups -OCH3 is 1. The van der Waals surface area contributed by atoms with Gasteiger partial charge in [-0.3, -0.25) is 0 Å². The number of halogens is 1. The highest BCUT2D eigenvalue weighted by atomic mass is 79.9. The van der Waals surface area contributed by atoms with Crippen molar-refractivity contribution in [2.45, 2.75) is 58.2 Å². The summed E-state index contributed by atoms with van der Waals surface area (Å²) in [6.07, 6.45) is 0. The van der Waals surface area contributed by atoms with E-state index in [1.807, 2.05) is 6.07 Å². The van der Waals surface area contributed by atoms with Gasteiger partial charge in [0, 0.05) is 4.47 Å². The second-order valence-corrected chi connectivity index (χ2v) is 12.7. The standard InChI is InChI=1S/C16H27BrO3Si/c1-10(2)21(11(3)4,12(5)6)20-15-9-13(17)8-14(19-7)16(15)18/h8-12,18H,1-7H3. The molecule has 1 rings (SSSR count). The van der Waals surface area contributed by atoms with Crippen LogP contribution in [0.4, 0.5) is 0 Å². The minimum atomic E-state index is -2.09. The van der Waals surface area contributed by atoms with Crippen LogP contribution in [0.3, 0.4) is 0 Å². The molecule has 1 aromatic rings. The van der Waals surface area contributed by atoms with Gasteiger partial charge in [-0.1, -0.05) is 57.5 Å². The lowest BCUT2D eigenvalue weighted by Crippen LogP contribution is -2.50. The van der Waals surface area contributed by atoms with E-state index >= 15 is 0 Å². The average molecular weight is 375 g/mol. The molecule has 1 aromatic carbocycles. The van der Waals surface area contributed by atoms with Gasteiger partial charge in [0.25, 0.3) is 8.32 Å². The molecule has 0 radical (unpaired) electrons. The van der Waals surface area contributed by atoms with Crippen molar-refractivity contribution in [1.29, 1.82) is 0 Å². The smallest absolute Gasteiger partial charge is 0.258 e. The molecule has 0 bridgehead atoms. The van der Waals surface area contributed by atoms with Crippen LogP contribution >= 0.6 is 15.9 Å². The lowest BCUT2D eigenvalue weighted by molar-refractivity contribution is 0.357. The molecular weight excluding hydrogens is 348 g/mol. The summed E-state index contributed by atoms with van der Waals surface area (Å²) in [4.78, 5) is 0. The molecule has 0 atom stereocenters. The molecule has 0 saturated carbocycles. The van der Waals surface area contributed by atoms with Gasteiger partial charge in [0.1, 0.15) is 0 Å². The van der Waals surface area contributed by atoms with Crippen molar-refractivity contribution in [2.75, 3.05) is 7.11 Å². The molecule has 0 aliphatic heterocycles. The first kappa shape index (κ1) is 18.4. The van der Waals surface area contributed by atoms with Crippen LogP contribution in [-0.2, 0) is 0 Å². The number of ether oxygens (including phenoxy) is 1. The highest BCUT2D eigenvalue weighted by Gasteiger charge is 2.47. The molecule has 0 aliphatic rings. The molecule has 0 unspecified atom stereocenters. The maximum Gasteiger partial charge on any atom is 0.258 e. The Labute approximate surface area is 137 Å². The Bertz CT molecular complexity index is 465. The van der Waals surface area contributed by atoms with Crippen LogP contribution in [0.25, 0.3) is 0 Å². The van der Waals surface area contributed by atoms with Crippen LogP contribution in [0.15, 0.2) is 16.6 Å². The zero-order chi connectivity index (χ0) is 16.4. The first-order chi connectivity index (χ1) is 9.66. The normalized spacial score (nSPS) is 12.3. The van der Waals surface area contributed by atoms with Gasteiger partial charge in [-0.2, -0.15) is 0 Å². The first-order valence-electron chi connectivity index (χ1n) is 7.42. The number of phenolic OH excluding ortho intramolecular Hbond substituents is 1. The Hall–Kier alpha value is -0.683. The van der Waals surface area contributed by atoms with Crippen molar-refractivity contribution in [3.8, 4) is 17.2 Å². The van der Waals surface area contributed by atoms with Gasteiger partial charge in [0.2, 0.25) is 0 Å². The number of benzene rings is 1. The number of hydrogen-bond donors (Lipinski definition) is 1. The molecule has 5 heteroatoms. The van der Waals surface area contributed by atoms with Crippen molar-refractivity contribution in [3.63, 3.8) is 0 Å². The number of phenols is 1. The van der Waals surface area contributed by atoms with Crippen LogP contribution in [0.1, 0.15) is 41.5 Å². The molecule has 0 fully saturated rings. The SMILES string of the molecule is COc1cc(Br)cc(O[Si](C(C)C)(C(C)C)C(C)C)c1O. The minimum absolute atomic E-state index is 0.0829. The van der Waals surface area contributed by atoms with E-state index in [4.69, 9.17) is 9.16 Å². The molecule has 3 nitrogen and oxygen atoms in total. The Kier molecular flexibility index (Phi) is 6.17. The summed E-state index contributed by atoms with van der Waals surface area (Å²) in [6, 6.07) is 3.57. The molecular formula is C16H27BrO3Si. The molecule has 0 aliphatic carbocycles. The molecule has 0 amide bonds.